The van der Waals surface area contributed by atoms with Gasteiger partial charge in [-0.25, -0.2) is 0 Å². The topological polar surface area (TPSA) is 38.1 Å². The molecule has 0 aliphatic rings. The monoisotopic (exact) mass is 273 g/mol. The lowest BCUT2D eigenvalue weighted by Gasteiger charge is -2.22. The van der Waals surface area contributed by atoms with Crippen molar-refractivity contribution >= 4 is 21.8 Å². The summed E-state index contributed by atoms with van der Waals surface area (Å²) in [6, 6.07) is -0.240. The van der Waals surface area contributed by atoms with Crippen LogP contribution in [0.1, 0.15) is 26.8 Å². The number of nitrogens with zero attached hydrogens (tertiary/aromatic N) is 3. The summed E-state index contributed by atoms with van der Waals surface area (Å²) in [5.41, 5.74) is 0. The zero-order chi connectivity index (χ0) is 11.4. The van der Waals surface area contributed by atoms with Crippen molar-refractivity contribution in [1.82, 2.24) is 14.7 Å². The molecular formula is C10H16BrN3O. The maximum Gasteiger partial charge on any atom is 0.247 e. The van der Waals surface area contributed by atoms with Gasteiger partial charge >= 0.3 is 0 Å². The molecule has 1 aromatic rings. The van der Waals surface area contributed by atoms with Gasteiger partial charge in [0.25, 0.3) is 0 Å². The van der Waals surface area contributed by atoms with E-state index in [9.17, 15) is 4.79 Å². The molecule has 5 heteroatoms. The maximum absolute atomic E-state index is 12.0. The van der Waals surface area contributed by atoms with Crippen LogP contribution in [0.5, 0.6) is 0 Å². The normalized spacial score (nSPS) is 12.5. The number of carbonyl (C=O) groups excluding carboxylic acids is 1. The number of hydrogen-bond donors (Lipinski definition) is 0. The minimum absolute atomic E-state index is 0.107. The van der Waals surface area contributed by atoms with E-state index in [2.05, 4.69) is 21.0 Å². The van der Waals surface area contributed by atoms with Gasteiger partial charge in [0.05, 0.1) is 10.7 Å². The Hall–Kier alpha value is -0.840. The highest BCUT2D eigenvalue weighted by atomic mass is 79.9. The van der Waals surface area contributed by atoms with Crippen LogP contribution in [0, 0.1) is 0 Å². The molecule has 1 aromatic heterocycles. The summed E-state index contributed by atoms with van der Waals surface area (Å²) in [5, 5.41) is 4.11. The van der Waals surface area contributed by atoms with Gasteiger partial charge in [-0.15, -0.1) is 0 Å². The summed E-state index contributed by atoms with van der Waals surface area (Å²) < 4.78 is 2.56. The van der Waals surface area contributed by atoms with Crippen LogP contribution in [0.15, 0.2) is 16.9 Å². The van der Waals surface area contributed by atoms with Gasteiger partial charge in [-0.05, 0) is 36.7 Å². The maximum atomic E-state index is 12.0. The van der Waals surface area contributed by atoms with Gasteiger partial charge in [0.1, 0.15) is 6.04 Å². The average Bonchev–Trinajstić information content (AvgIpc) is 2.65. The van der Waals surface area contributed by atoms with Crippen LogP contribution < -0.4 is 0 Å². The van der Waals surface area contributed by atoms with Crippen molar-refractivity contribution in [1.29, 1.82) is 0 Å². The van der Waals surface area contributed by atoms with Crippen molar-refractivity contribution in [2.75, 3.05) is 13.1 Å². The number of aromatic nitrogens is 2. The van der Waals surface area contributed by atoms with Gasteiger partial charge in [0.15, 0.2) is 0 Å². The molecule has 0 saturated carbocycles. The third-order valence-corrected chi connectivity index (χ3v) is 2.81. The van der Waals surface area contributed by atoms with Crippen LogP contribution >= 0.6 is 15.9 Å². The molecule has 1 rings (SSSR count). The first-order valence-corrected chi connectivity index (χ1v) is 5.87. The predicted molar refractivity (Wildman–Crippen MR) is 62.6 cm³/mol. The molecule has 0 spiro atoms. The molecule has 1 heterocycles. The average molecular weight is 274 g/mol. The fourth-order valence-electron chi connectivity index (χ4n) is 1.44. The second-order valence-electron chi connectivity index (χ2n) is 3.33. The molecule has 1 atom stereocenters. The fraction of sp³-hybridized carbons (Fsp3) is 0.600. The van der Waals surface area contributed by atoms with Crippen LogP contribution in [0.3, 0.4) is 0 Å². The first-order valence-electron chi connectivity index (χ1n) is 5.08. The minimum Gasteiger partial charge on any atom is -0.341 e. The lowest BCUT2D eigenvalue weighted by atomic mass is 10.3. The summed E-state index contributed by atoms with van der Waals surface area (Å²) in [5.74, 6) is 0.107. The molecule has 0 aliphatic heterocycles. The lowest BCUT2D eigenvalue weighted by molar-refractivity contribution is -0.134. The third kappa shape index (κ3) is 2.81. The Kier molecular flexibility index (Phi) is 4.32. The Balaban J connectivity index is 2.76. The molecule has 0 radical (unpaired) electrons. The van der Waals surface area contributed by atoms with Crippen molar-refractivity contribution in [3.8, 4) is 0 Å². The Morgan fingerprint density at radius 2 is 2.20 bits per heavy atom. The number of amides is 1. The van der Waals surface area contributed by atoms with Crippen LogP contribution in [-0.4, -0.2) is 33.7 Å². The molecular weight excluding hydrogens is 258 g/mol. The number of rotatable bonds is 4. The largest absolute Gasteiger partial charge is 0.341 e. The summed E-state index contributed by atoms with van der Waals surface area (Å²) in [4.78, 5) is 13.8. The third-order valence-electron chi connectivity index (χ3n) is 2.40. The highest BCUT2D eigenvalue weighted by Crippen LogP contribution is 2.13. The molecule has 4 nitrogen and oxygen atoms in total. The van der Waals surface area contributed by atoms with E-state index in [4.69, 9.17) is 0 Å². The molecule has 0 saturated heterocycles. The quantitative estimate of drug-likeness (QED) is 0.843. The Morgan fingerprint density at radius 3 is 2.60 bits per heavy atom. The van der Waals surface area contributed by atoms with Crippen LogP contribution in [-0.2, 0) is 4.79 Å². The highest BCUT2D eigenvalue weighted by Gasteiger charge is 2.19. The first-order chi connectivity index (χ1) is 7.10. The fourth-order valence-corrected chi connectivity index (χ4v) is 1.74. The van der Waals surface area contributed by atoms with Crippen molar-refractivity contribution < 1.29 is 4.79 Å². The molecule has 15 heavy (non-hydrogen) atoms. The second-order valence-corrected chi connectivity index (χ2v) is 4.24. The van der Waals surface area contributed by atoms with E-state index in [-0.39, 0.29) is 11.9 Å². The Labute approximate surface area is 98.4 Å². The Bertz CT molecular complexity index is 333. The minimum atomic E-state index is -0.240. The molecule has 0 bridgehead atoms. The SMILES string of the molecule is CCN(CC)C(=O)C(C)n1cc(Br)cn1. The molecule has 1 unspecified atom stereocenters. The Morgan fingerprint density at radius 1 is 1.60 bits per heavy atom. The van der Waals surface area contributed by atoms with Crippen LogP contribution in [0.2, 0.25) is 0 Å². The lowest BCUT2D eigenvalue weighted by Crippen LogP contribution is -2.36. The molecule has 0 fully saturated rings. The van der Waals surface area contributed by atoms with Crippen LogP contribution in [0.4, 0.5) is 0 Å². The van der Waals surface area contributed by atoms with Gasteiger partial charge in [-0.1, -0.05) is 0 Å². The molecule has 0 N–H and O–H groups in total. The van der Waals surface area contributed by atoms with Gasteiger partial charge in [0.2, 0.25) is 5.91 Å². The molecule has 84 valence electrons. The smallest absolute Gasteiger partial charge is 0.247 e. The summed E-state index contributed by atoms with van der Waals surface area (Å²) in [6.07, 6.45) is 3.50. The van der Waals surface area contributed by atoms with Crippen LogP contribution in [0.25, 0.3) is 0 Å². The van der Waals surface area contributed by atoms with Gasteiger partial charge in [-0.3, -0.25) is 9.48 Å². The standard InChI is InChI=1S/C10H16BrN3O/c1-4-13(5-2)10(15)8(3)14-7-9(11)6-12-14/h6-8H,4-5H2,1-3H3. The first kappa shape index (κ1) is 12.2. The highest BCUT2D eigenvalue weighted by molar-refractivity contribution is 9.10. The van der Waals surface area contributed by atoms with E-state index in [1.165, 1.54) is 0 Å². The van der Waals surface area contributed by atoms with Crippen molar-refractivity contribution in [3.63, 3.8) is 0 Å². The van der Waals surface area contributed by atoms with E-state index in [0.29, 0.717) is 0 Å². The van der Waals surface area contributed by atoms with E-state index in [0.717, 1.165) is 17.6 Å². The van der Waals surface area contributed by atoms with Crippen molar-refractivity contribution in [2.24, 2.45) is 0 Å². The summed E-state index contributed by atoms with van der Waals surface area (Å²) in [7, 11) is 0. The van der Waals surface area contributed by atoms with E-state index >= 15 is 0 Å². The summed E-state index contributed by atoms with van der Waals surface area (Å²) in [6.45, 7) is 7.30. The molecule has 0 aliphatic carbocycles. The number of carbonyl (C=O) groups is 1. The zero-order valence-electron chi connectivity index (χ0n) is 9.27. The number of halogens is 1. The number of likely N-dealkylation sites (N-methyl/N-ethyl adjacent to an activating group) is 1. The molecule has 0 aromatic carbocycles. The van der Waals surface area contributed by atoms with Gasteiger partial charge in [-0.2, -0.15) is 5.10 Å². The van der Waals surface area contributed by atoms with E-state index in [1.54, 1.807) is 15.8 Å². The van der Waals surface area contributed by atoms with E-state index in [1.807, 2.05) is 27.0 Å². The van der Waals surface area contributed by atoms with Gasteiger partial charge < -0.3 is 4.90 Å². The van der Waals surface area contributed by atoms with Gasteiger partial charge in [0, 0.05) is 19.3 Å². The second kappa shape index (κ2) is 5.30. The van der Waals surface area contributed by atoms with E-state index < -0.39 is 0 Å². The number of hydrogen-bond acceptors (Lipinski definition) is 2. The van der Waals surface area contributed by atoms with Crippen molar-refractivity contribution in [2.45, 2.75) is 26.8 Å². The molecule has 1 amide bonds. The zero-order valence-corrected chi connectivity index (χ0v) is 10.9. The van der Waals surface area contributed by atoms with Crippen molar-refractivity contribution in [3.05, 3.63) is 16.9 Å². The summed E-state index contributed by atoms with van der Waals surface area (Å²) >= 11 is 3.31. The predicted octanol–water partition coefficient (Wildman–Crippen LogP) is 2.08.